The van der Waals surface area contributed by atoms with Crippen LogP contribution in [-0.4, -0.2) is 37.1 Å². The van der Waals surface area contributed by atoms with Crippen LogP contribution in [-0.2, 0) is 54.8 Å². The van der Waals surface area contributed by atoms with E-state index in [0.29, 0.717) is 33.0 Å². The SMILES string of the molecule is c1ccc(CO[C@@H]2[C@@H](OCc3ccccc3)[C@H](OCc3ccccc3)[C@H]3CO[C@H](c4ccccc4)O[C@@H]3[C@H]2OCc2ccccc2)cc1. The number of rotatable bonds is 13. The first-order valence-corrected chi connectivity index (χ1v) is 16.8. The fourth-order valence-corrected chi connectivity index (χ4v) is 6.62. The Morgan fingerprint density at radius 1 is 0.417 bits per heavy atom. The van der Waals surface area contributed by atoms with Gasteiger partial charge in [0.25, 0.3) is 0 Å². The summed E-state index contributed by atoms with van der Waals surface area (Å²) >= 11 is 0. The molecule has 48 heavy (non-hydrogen) atoms. The van der Waals surface area contributed by atoms with Gasteiger partial charge < -0.3 is 28.4 Å². The fraction of sp³-hybridized carbons (Fsp3) is 0.286. The summed E-state index contributed by atoms with van der Waals surface area (Å²) in [6.45, 7) is 2.04. The average molecular weight is 643 g/mol. The topological polar surface area (TPSA) is 55.4 Å². The first kappa shape index (κ1) is 32.4. The molecule has 5 aromatic carbocycles. The highest BCUT2D eigenvalue weighted by Crippen LogP contribution is 2.43. The van der Waals surface area contributed by atoms with Crippen molar-refractivity contribution in [3.05, 3.63) is 179 Å². The van der Waals surface area contributed by atoms with Crippen molar-refractivity contribution in [2.75, 3.05) is 6.61 Å². The predicted molar refractivity (Wildman–Crippen MR) is 184 cm³/mol. The molecule has 7 atom stereocenters. The molecular formula is C42H42O6. The maximum atomic E-state index is 6.89. The van der Waals surface area contributed by atoms with Crippen LogP contribution in [0, 0.1) is 5.92 Å². The molecule has 1 heterocycles. The van der Waals surface area contributed by atoms with Crippen LogP contribution >= 0.6 is 0 Å². The molecule has 1 saturated carbocycles. The molecule has 2 aliphatic rings. The van der Waals surface area contributed by atoms with Crippen molar-refractivity contribution in [1.82, 2.24) is 0 Å². The van der Waals surface area contributed by atoms with Crippen molar-refractivity contribution >= 4 is 0 Å². The van der Waals surface area contributed by atoms with Crippen LogP contribution in [0.5, 0.6) is 0 Å². The zero-order chi connectivity index (χ0) is 32.4. The second-order valence-corrected chi connectivity index (χ2v) is 12.4. The van der Waals surface area contributed by atoms with E-state index in [4.69, 9.17) is 28.4 Å². The van der Waals surface area contributed by atoms with E-state index in [1.807, 2.05) is 103 Å². The first-order valence-electron chi connectivity index (χ1n) is 16.8. The minimum atomic E-state index is -0.540. The standard InChI is InChI=1S/C42H42O6/c1-6-16-31(17-7-1)26-43-37-36-30-47-42(35-24-14-5-15-25-35)48-38(36)40(45-28-33-20-10-3-11-21-33)41(46-29-34-22-12-4-13-23-34)39(37)44-27-32-18-8-2-9-19-32/h1-25,36-42H,26-30H2/t36-,37-,38+,39+,40-,41-,42+/m1/s1. The summed E-state index contributed by atoms with van der Waals surface area (Å²) in [4.78, 5) is 0. The molecule has 0 radical (unpaired) electrons. The Morgan fingerprint density at radius 3 is 1.21 bits per heavy atom. The highest BCUT2D eigenvalue weighted by molar-refractivity contribution is 5.19. The third kappa shape index (κ3) is 8.10. The smallest absolute Gasteiger partial charge is 0.184 e. The van der Waals surface area contributed by atoms with Crippen LogP contribution in [0.15, 0.2) is 152 Å². The van der Waals surface area contributed by atoms with E-state index in [-0.39, 0.29) is 12.0 Å². The van der Waals surface area contributed by atoms with E-state index in [2.05, 4.69) is 48.5 Å². The quantitative estimate of drug-likeness (QED) is 0.130. The monoisotopic (exact) mass is 642 g/mol. The van der Waals surface area contributed by atoms with Gasteiger partial charge in [-0.2, -0.15) is 0 Å². The van der Waals surface area contributed by atoms with Crippen molar-refractivity contribution in [2.45, 2.75) is 63.2 Å². The van der Waals surface area contributed by atoms with E-state index < -0.39 is 30.7 Å². The molecule has 0 amide bonds. The van der Waals surface area contributed by atoms with Crippen LogP contribution in [0.1, 0.15) is 34.1 Å². The van der Waals surface area contributed by atoms with Crippen molar-refractivity contribution in [1.29, 1.82) is 0 Å². The summed E-state index contributed by atoms with van der Waals surface area (Å²) in [6.07, 6.45) is -2.76. The van der Waals surface area contributed by atoms with E-state index in [1.54, 1.807) is 0 Å². The highest BCUT2D eigenvalue weighted by Gasteiger charge is 2.56. The fourth-order valence-electron chi connectivity index (χ4n) is 6.62. The summed E-state index contributed by atoms with van der Waals surface area (Å²) in [5.74, 6) is -0.174. The van der Waals surface area contributed by atoms with Gasteiger partial charge in [-0.1, -0.05) is 152 Å². The van der Waals surface area contributed by atoms with Crippen molar-refractivity contribution in [3.63, 3.8) is 0 Å². The first-order chi connectivity index (χ1) is 23.8. The molecule has 6 heteroatoms. The minimum absolute atomic E-state index is 0.174. The van der Waals surface area contributed by atoms with Gasteiger partial charge in [0.05, 0.1) is 45.2 Å². The van der Waals surface area contributed by atoms with Crippen LogP contribution < -0.4 is 0 Å². The molecule has 7 rings (SSSR count). The second-order valence-electron chi connectivity index (χ2n) is 12.4. The summed E-state index contributed by atoms with van der Waals surface area (Å²) in [6, 6.07) is 51.0. The molecule has 246 valence electrons. The third-order valence-electron chi connectivity index (χ3n) is 9.07. The van der Waals surface area contributed by atoms with Crippen LogP contribution in [0.25, 0.3) is 0 Å². The lowest BCUT2D eigenvalue weighted by atomic mass is 9.77. The molecule has 2 fully saturated rings. The summed E-state index contributed by atoms with van der Waals surface area (Å²) in [5.41, 5.74) is 5.26. The molecule has 6 nitrogen and oxygen atoms in total. The van der Waals surface area contributed by atoms with E-state index in [1.165, 1.54) is 0 Å². The van der Waals surface area contributed by atoms with Gasteiger partial charge in [0, 0.05) is 11.5 Å². The summed E-state index contributed by atoms with van der Waals surface area (Å²) in [7, 11) is 0. The van der Waals surface area contributed by atoms with E-state index >= 15 is 0 Å². The van der Waals surface area contributed by atoms with Gasteiger partial charge >= 0.3 is 0 Å². The lowest BCUT2D eigenvalue weighted by Gasteiger charge is -2.52. The van der Waals surface area contributed by atoms with Crippen LogP contribution in [0.4, 0.5) is 0 Å². The molecule has 0 aromatic heterocycles. The molecule has 1 aliphatic heterocycles. The maximum Gasteiger partial charge on any atom is 0.184 e. The largest absolute Gasteiger partial charge is 0.370 e. The van der Waals surface area contributed by atoms with E-state index in [9.17, 15) is 0 Å². The lowest BCUT2D eigenvalue weighted by Crippen LogP contribution is -2.66. The zero-order valence-corrected chi connectivity index (χ0v) is 27.0. The Labute approximate surface area is 283 Å². The summed E-state index contributed by atoms with van der Waals surface area (Å²) in [5, 5.41) is 0. The van der Waals surface area contributed by atoms with Gasteiger partial charge in [-0.3, -0.25) is 0 Å². The molecule has 1 saturated heterocycles. The molecule has 0 spiro atoms. The Kier molecular flexibility index (Phi) is 11.0. The molecule has 1 aliphatic carbocycles. The Bertz CT molecular complexity index is 1580. The van der Waals surface area contributed by atoms with Gasteiger partial charge in [0.2, 0.25) is 0 Å². The molecule has 0 N–H and O–H groups in total. The summed E-state index contributed by atoms with van der Waals surface area (Å²) < 4.78 is 40.8. The second kappa shape index (κ2) is 16.3. The maximum absolute atomic E-state index is 6.89. The molecule has 5 aromatic rings. The van der Waals surface area contributed by atoms with Crippen molar-refractivity contribution in [3.8, 4) is 0 Å². The van der Waals surface area contributed by atoms with E-state index in [0.717, 1.165) is 27.8 Å². The molecule has 0 bridgehead atoms. The van der Waals surface area contributed by atoms with Crippen molar-refractivity contribution < 1.29 is 28.4 Å². The Morgan fingerprint density at radius 2 is 0.771 bits per heavy atom. The van der Waals surface area contributed by atoms with Gasteiger partial charge in [0.15, 0.2) is 6.29 Å². The van der Waals surface area contributed by atoms with Gasteiger partial charge in [-0.25, -0.2) is 0 Å². The third-order valence-corrected chi connectivity index (χ3v) is 9.07. The van der Waals surface area contributed by atoms with Crippen LogP contribution in [0.3, 0.4) is 0 Å². The Hall–Kier alpha value is -4.14. The van der Waals surface area contributed by atoms with Gasteiger partial charge in [-0.05, 0) is 22.3 Å². The average Bonchev–Trinajstić information content (AvgIpc) is 3.16. The number of fused-ring (bicyclic) bond motifs is 1. The zero-order valence-electron chi connectivity index (χ0n) is 27.0. The predicted octanol–water partition coefficient (Wildman–Crippen LogP) is 8.07. The lowest BCUT2D eigenvalue weighted by molar-refractivity contribution is -0.334. The van der Waals surface area contributed by atoms with Crippen LogP contribution in [0.2, 0.25) is 0 Å². The Balaban J connectivity index is 1.25. The number of ether oxygens (including phenoxy) is 6. The number of hydrogen-bond acceptors (Lipinski definition) is 6. The highest BCUT2D eigenvalue weighted by atomic mass is 16.7. The number of benzene rings is 5. The molecular weight excluding hydrogens is 600 g/mol. The number of hydrogen-bond donors (Lipinski definition) is 0. The minimum Gasteiger partial charge on any atom is -0.370 e. The normalized spacial score (nSPS) is 25.3. The van der Waals surface area contributed by atoms with Gasteiger partial charge in [-0.15, -0.1) is 0 Å². The molecule has 0 unspecified atom stereocenters. The van der Waals surface area contributed by atoms with Crippen molar-refractivity contribution in [2.24, 2.45) is 5.92 Å². The van der Waals surface area contributed by atoms with Gasteiger partial charge in [0.1, 0.15) is 18.3 Å².